The minimum Gasteiger partial charge on any atom is -0.480 e. The number of primary amides is 1. The molecule has 4 atom stereocenters. The normalized spacial score (nSPS) is 14.3. The second kappa shape index (κ2) is 14.9. The molecule has 14 nitrogen and oxygen atoms in total. The molecule has 0 aromatic rings. The van der Waals surface area contributed by atoms with Crippen LogP contribution in [0.25, 0.3) is 0 Å². The quantitative estimate of drug-likeness (QED) is 0.0474. The summed E-state index contributed by atoms with van der Waals surface area (Å²) in [7, 11) is 0. The summed E-state index contributed by atoms with van der Waals surface area (Å²) in [4.78, 5) is 63.9. The van der Waals surface area contributed by atoms with Crippen LogP contribution in [0.15, 0.2) is 4.99 Å². The molecule has 0 rings (SSSR count). The number of aliphatic imine (C=N–C) groups is 1. The zero-order chi connectivity index (χ0) is 25.7. The molecular formula is C18H34N8O6S. The van der Waals surface area contributed by atoms with Gasteiger partial charge >= 0.3 is 5.97 Å². The number of hydrogen-bond donors (Lipinski definition) is 9. The maximum atomic E-state index is 12.8. The average molecular weight is 491 g/mol. The Hall–Kier alpha value is -3.07. The third kappa shape index (κ3) is 11.9. The van der Waals surface area contributed by atoms with Crippen molar-refractivity contribution in [3.8, 4) is 0 Å². The van der Waals surface area contributed by atoms with Gasteiger partial charge in [-0.1, -0.05) is 13.8 Å². The molecule has 0 saturated carbocycles. The predicted molar refractivity (Wildman–Crippen MR) is 124 cm³/mol. The molecule has 0 aliphatic carbocycles. The molecular weight excluding hydrogens is 456 g/mol. The first-order chi connectivity index (χ1) is 15.3. The lowest BCUT2D eigenvalue weighted by Crippen LogP contribution is -2.59. The van der Waals surface area contributed by atoms with Crippen molar-refractivity contribution in [1.82, 2.24) is 16.0 Å². The standard InChI is InChI=1S/C18H34N8O6S/c1-8(2)13(26-14(28)9(19)4-3-5-23-18(21)22)16(30)24-10(6-12(20)27)15(29)25-11(7-33)17(31)32/h8-11,13,33H,3-7,19H2,1-2H3,(H2,20,27)(H,24,30)(H,25,29)(H,26,28)(H,31,32)(H4,21,22,23). The number of carbonyl (C=O) groups excluding carboxylic acids is 4. The summed E-state index contributed by atoms with van der Waals surface area (Å²) in [6, 6.07) is -4.83. The van der Waals surface area contributed by atoms with Crippen LogP contribution in [0.2, 0.25) is 0 Å². The average Bonchev–Trinajstić information content (AvgIpc) is 2.70. The maximum absolute atomic E-state index is 12.8. The van der Waals surface area contributed by atoms with Gasteiger partial charge in [0.05, 0.1) is 12.5 Å². The number of nitrogens with two attached hydrogens (primary N) is 4. The third-order valence-electron chi connectivity index (χ3n) is 4.39. The number of carbonyl (C=O) groups is 5. The molecule has 188 valence electrons. The fourth-order valence-corrected chi connectivity index (χ4v) is 2.82. The molecule has 0 heterocycles. The smallest absolute Gasteiger partial charge is 0.327 e. The van der Waals surface area contributed by atoms with E-state index in [9.17, 15) is 24.0 Å². The van der Waals surface area contributed by atoms with E-state index >= 15 is 0 Å². The van der Waals surface area contributed by atoms with Gasteiger partial charge in [-0.05, 0) is 18.8 Å². The van der Waals surface area contributed by atoms with Crippen molar-refractivity contribution in [2.75, 3.05) is 12.3 Å². The van der Waals surface area contributed by atoms with Crippen molar-refractivity contribution in [3.63, 3.8) is 0 Å². The second-order valence-corrected chi connectivity index (χ2v) is 7.96. The first-order valence-electron chi connectivity index (χ1n) is 10.1. The van der Waals surface area contributed by atoms with Crippen LogP contribution in [0.5, 0.6) is 0 Å². The van der Waals surface area contributed by atoms with Crippen LogP contribution in [0.1, 0.15) is 33.1 Å². The molecule has 0 saturated heterocycles. The molecule has 4 amide bonds. The number of amides is 4. The van der Waals surface area contributed by atoms with Crippen molar-refractivity contribution in [2.24, 2.45) is 33.8 Å². The van der Waals surface area contributed by atoms with Crippen molar-refractivity contribution in [1.29, 1.82) is 0 Å². The van der Waals surface area contributed by atoms with Crippen LogP contribution in [0.4, 0.5) is 0 Å². The van der Waals surface area contributed by atoms with Crippen LogP contribution in [0.3, 0.4) is 0 Å². The first-order valence-corrected chi connectivity index (χ1v) is 10.8. The minimum atomic E-state index is -1.46. The highest BCUT2D eigenvalue weighted by molar-refractivity contribution is 7.80. The molecule has 15 heteroatoms. The van der Waals surface area contributed by atoms with Gasteiger partial charge in [0, 0.05) is 12.3 Å². The van der Waals surface area contributed by atoms with E-state index in [1.54, 1.807) is 13.8 Å². The van der Waals surface area contributed by atoms with Gasteiger partial charge in [-0.25, -0.2) is 4.79 Å². The molecule has 4 unspecified atom stereocenters. The number of nitrogens with one attached hydrogen (secondary N) is 3. The van der Waals surface area contributed by atoms with E-state index in [0.717, 1.165) is 0 Å². The molecule has 0 aromatic heterocycles. The highest BCUT2D eigenvalue weighted by Crippen LogP contribution is 2.06. The van der Waals surface area contributed by atoms with E-state index in [2.05, 4.69) is 33.6 Å². The lowest BCUT2D eigenvalue weighted by atomic mass is 10.0. The Labute approximate surface area is 197 Å². The van der Waals surface area contributed by atoms with Crippen LogP contribution >= 0.6 is 12.6 Å². The second-order valence-electron chi connectivity index (χ2n) is 7.60. The largest absolute Gasteiger partial charge is 0.480 e. The summed E-state index contributed by atoms with van der Waals surface area (Å²) in [5.41, 5.74) is 21.5. The zero-order valence-corrected chi connectivity index (χ0v) is 19.5. The van der Waals surface area contributed by atoms with E-state index in [1.807, 2.05) is 0 Å². The minimum absolute atomic E-state index is 0.0804. The Kier molecular flexibility index (Phi) is 13.5. The van der Waals surface area contributed by atoms with Crippen LogP contribution in [-0.2, 0) is 24.0 Å². The Morgan fingerprint density at radius 3 is 1.97 bits per heavy atom. The zero-order valence-electron chi connectivity index (χ0n) is 18.6. The topological polar surface area (TPSA) is 258 Å². The van der Waals surface area contributed by atoms with Gasteiger partial charge in [0.1, 0.15) is 18.1 Å². The summed E-state index contributed by atoms with van der Waals surface area (Å²) in [5.74, 6) is -5.27. The lowest BCUT2D eigenvalue weighted by Gasteiger charge is -2.26. The van der Waals surface area contributed by atoms with Gasteiger partial charge in [-0.2, -0.15) is 12.6 Å². The summed E-state index contributed by atoms with van der Waals surface area (Å²) < 4.78 is 0. The maximum Gasteiger partial charge on any atom is 0.327 e. The number of carboxylic acids is 1. The predicted octanol–water partition coefficient (Wildman–Crippen LogP) is -3.63. The van der Waals surface area contributed by atoms with E-state index in [0.29, 0.717) is 6.42 Å². The monoisotopic (exact) mass is 490 g/mol. The lowest BCUT2D eigenvalue weighted by molar-refractivity contribution is -0.141. The summed E-state index contributed by atoms with van der Waals surface area (Å²) in [6.45, 7) is 3.59. The van der Waals surface area contributed by atoms with E-state index < -0.39 is 66.1 Å². The molecule has 33 heavy (non-hydrogen) atoms. The Morgan fingerprint density at radius 2 is 1.52 bits per heavy atom. The highest BCUT2D eigenvalue weighted by atomic mass is 32.1. The Morgan fingerprint density at radius 1 is 0.939 bits per heavy atom. The van der Waals surface area contributed by atoms with E-state index in [-0.39, 0.29) is 24.7 Å². The SMILES string of the molecule is CC(C)C(NC(=O)C(N)CCCN=C(N)N)C(=O)NC(CC(N)=O)C(=O)NC(CS)C(=O)O. The number of thiol groups is 1. The van der Waals surface area contributed by atoms with Crippen LogP contribution in [-0.4, -0.2) is 77.1 Å². The van der Waals surface area contributed by atoms with Gasteiger partial charge in [0.2, 0.25) is 23.6 Å². The van der Waals surface area contributed by atoms with Crippen molar-refractivity contribution >= 4 is 48.2 Å². The van der Waals surface area contributed by atoms with Crippen molar-refractivity contribution in [2.45, 2.75) is 57.3 Å². The number of rotatable bonds is 15. The van der Waals surface area contributed by atoms with Crippen LogP contribution in [0, 0.1) is 5.92 Å². The number of hydrogen-bond acceptors (Lipinski definition) is 8. The van der Waals surface area contributed by atoms with Crippen molar-refractivity contribution in [3.05, 3.63) is 0 Å². The summed E-state index contributed by atoms with van der Waals surface area (Å²) in [6.07, 6.45) is 0.101. The molecule has 12 N–H and O–H groups in total. The molecule has 0 fully saturated rings. The van der Waals surface area contributed by atoms with E-state index in [1.165, 1.54) is 0 Å². The fourth-order valence-electron chi connectivity index (χ4n) is 2.58. The van der Waals surface area contributed by atoms with Crippen molar-refractivity contribution < 1.29 is 29.1 Å². The number of nitrogens with zero attached hydrogens (tertiary/aromatic N) is 1. The van der Waals surface area contributed by atoms with Crippen LogP contribution < -0.4 is 38.9 Å². The molecule has 0 aliphatic rings. The van der Waals surface area contributed by atoms with Gasteiger partial charge in [0.15, 0.2) is 5.96 Å². The molecule has 0 bridgehead atoms. The fraction of sp³-hybridized carbons (Fsp3) is 0.667. The Balaban J connectivity index is 5.23. The van der Waals surface area contributed by atoms with Gasteiger partial charge < -0.3 is 44.0 Å². The molecule has 0 spiro atoms. The van der Waals surface area contributed by atoms with Gasteiger partial charge in [0.25, 0.3) is 0 Å². The number of carboxylic acid groups (broad SMARTS) is 1. The number of aliphatic carboxylic acids is 1. The summed E-state index contributed by atoms with van der Waals surface area (Å²) >= 11 is 3.84. The molecule has 0 aromatic carbocycles. The molecule has 0 aliphatic heterocycles. The Bertz CT molecular complexity index is 743. The highest BCUT2D eigenvalue weighted by Gasteiger charge is 2.32. The third-order valence-corrected chi connectivity index (χ3v) is 4.75. The molecule has 0 radical (unpaired) electrons. The van der Waals surface area contributed by atoms with Gasteiger partial charge in [-0.3, -0.25) is 24.2 Å². The first kappa shape index (κ1) is 29.9. The number of guanidine groups is 1. The van der Waals surface area contributed by atoms with E-state index in [4.69, 9.17) is 28.0 Å². The summed E-state index contributed by atoms with van der Waals surface area (Å²) in [5, 5.41) is 16.1. The van der Waals surface area contributed by atoms with Gasteiger partial charge in [-0.15, -0.1) is 0 Å².